The van der Waals surface area contributed by atoms with Gasteiger partial charge in [0.1, 0.15) is 11.5 Å². The summed E-state index contributed by atoms with van der Waals surface area (Å²) >= 11 is 0. The third kappa shape index (κ3) is 2.82. The minimum Gasteiger partial charge on any atom is -0.497 e. The Bertz CT molecular complexity index is 748. The molecule has 0 unspecified atom stereocenters. The Morgan fingerprint density at radius 2 is 1.40 bits per heavy atom. The summed E-state index contributed by atoms with van der Waals surface area (Å²) in [4.78, 5) is 13.3. The van der Waals surface area contributed by atoms with Crippen molar-refractivity contribution in [2.45, 2.75) is 25.2 Å². The summed E-state index contributed by atoms with van der Waals surface area (Å²) in [6, 6.07) is 15.9. The van der Waals surface area contributed by atoms with Crippen LogP contribution in [0.15, 0.2) is 48.5 Å². The quantitative estimate of drug-likeness (QED) is 0.741. The fourth-order valence-electron chi connectivity index (χ4n) is 4.92. The lowest BCUT2D eigenvalue weighted by Crippen LogP contribution is -2.28. The van der Waals surface area contributed by atoms with Gasteiger partial charge in [-0.25, -0.2) is 0 Å². The first-order chi connectivity index (χ1) is 12.2. The Kier molecular flexibility index (Phi) is 4.24. The summed E-state index contributed by atoms with van der Waals surface area (Å²) < 4.78 is 10.5. The molecular weight excluding hydrogens is 312 g/mol. The summed E-state index contributed by atoms with van der Waals surface area (Å²) in [6.07, 6.45) is 3.61. The molecule has 2 fully saturated rings. The molecule has 0 amide bonds. The molecule has 2 aliphatic rings. The molecule has 0 aliphatic heterocycles. The first-order valence-electron chi connectivity index (χ1n) is 9.03. The number of fused-ring (bicyclic) bond motifs is 2. The van der Waals surface area contributed by atoms with Crippen molar-refractivity contribution >= 4 is 5.78 Å². The van der Waals surface area contributed by atoms with Crippen LogP contribution in [0.4, 0.5) is 0 Å². The van der Waals surface area contributed by atoms with Crippen LogP contribution >= 0.6 is 0 Å². The molecule has 2 bridgehead atoms. The van der Waals surface area contributed by atoms with Crippen LogP contribution in [0.25, 0.3) is 0 Å². The van der Waals surface area contributed by atoms with E-state index in [0.717, 1.165) is 17.1 Å². The van der Waals surface area contributed by atoms with Crippen LogP contribution in [0.2, 0.25) is 0 Å². The summed E-state index contributed by atoms with van der Waals surface area (Å²) in [7, 11) is 3.33. The van der Waals surface area contributed by atoms with E-state index in [1.165, 1.54) is 24.8 Å². The average molecular weight is 336 g/mol. The van der Waals surface area contributed by atoms with Gasteiger partial charge in [0.2, 0.25) is 0 Å². The maximum absolute atomic E-state index is 13.3. The second-order valence-corrected chi connectivity index (χ2v) is 7.25. The summed E-state index contributed by atoms with van der Waals surface area (Å²) in [6.45, 7) is 0. The molecule has 0 heterocycles. The smallest absolute Gasteiger partial charge is 0.166 e. The number of hydrogen-bond donors (Lipinski definition) is 0. The summed E-state index contributed by atoms with van der Waals surface area (Å²) in [5, 5.41) is 0. The van der Waals surface area contributed by atoms with Crippen LogP contribution in [-0.4, -0.2) is 20.0 Å². The van der Waals surface area contributed by atoms with Gasteiger partial charge < -0.3 is 9.47 Å². The average Bonchev–Trinajstić information content (AvgIpc) is 3.29. The Balaban J connectivity index is 1.64. The maximum atomic E-state index is 13.3. The zero-order chi connectivity index (χ0) is 17.4. The highest BCUT2D eigenvalue weighted by Gasteiger charge is 2.51. The Morgan fingerprint density at radius 1 is 0.840 bits per heavy atom. The highest BCUT2D eigenvalue weighted by Crippen LogP contribution is 2.57. The largest absolute Gasteiger partial charge is 0.497 e. The summed E-state index contributed by atoms with van der Waals surface area (Å²) in [5.74, 6) is 3.52. The highest BCUT2D eigenvalue weighted by molar-refractivity contribution is 5.99. The molecule has 2 saturated carbocycles. The van der Waals surface area contributed by atoms with E-state index in [-0.39, 0.29) is 11.7 Å². The second kappa shape index (κ2) is 6.55. The minimum absolute atomic E-state index is 0.0977. The number of methoxy groups -OCH3 is 2. The zero-order valence-electron chi connectivity index (χ0n) is 14.8. The van der Waals surface area contributed by atoms with Crippen LogP contribution in [0.3, 0.4) is 0 Å². The van der Waals surface area contributed by atoms with Gasteiger partial charge in [-0.2, -0.15) is 0 Å². The normalized spacial score (nSPS) is 27.3. The highest BCUT2D eigenvalue weighted by atomic mass is 16.5. The molecule has 0 N–H and O–H groups in total. The van der Waals surface area contributed by atoms with Gasteiger partial charge in [-0.15, -0.1) is 0 Å². The van der Waals surface area contributed by atoms with Gasteiger partial charge in [-0.1, -0.05) is 12.1 Å². The van der Waals surface area contributed by atoms with E-state index in [4.69, 9.17) is 9.47 Å². The third-order valence-electron chi connectivity index (χ3n) is 6.09. The van der Waals surface area contributed by atoms with Crippen molar-refractivity contribution < 1.29 is 14.3 Å². The molecule has 0 spiro atoms. The van der Waals surface area contributed by atoms with Crippen molar-refractivity contribution in [2.24, 2.45) is 17.8 Å². The zero-order valence-corrected chi connectivity index (χ0v) is 14.8. The van der Waals surface area contributed by atoms with E-state index in [1.807, 2.05) is 36.4 Å². The predicted octanol–water partition coefficient (Wildman–Crippen LogP) is 4.72. The van der Waals surface area contributed by atoms with Gasteiger partial charge in [0.25, 0.3) is 0 Å². The van der Waals surface area contributed by atoms with E-state index in [9.17, 15) is 4.79 Å². The van der Waals surface area contributed by atoms with E-state index in [0.29, 0.717) is 17.8 Å². The number of ketones is 1. The van der Waals surface area contributed by atoms with Crippen LogP contribution in [0.5, 0.6) is 11.5 Å². The fourth-order valence-corrected chi connectivity index (χ4v) is 4.92. The predicted molar refractivity (Wildman–Crippen MR) is 97.4 cm³/mol. The van der Waals surface area contributed by atoms with Crippen LogP contribution in [0, 0.1) is 17.8 Å². The van der Waals surface area contributed by atoms with Crippen LogP contribution in [-0.2, 0) is 0 Å². The molecule has 0 aromatic heterocycles. The van der Waals surface area contributed by atoms with Gasteiger partial charge in [-0.05, 0) is 79.0 Å². The number of rotatable bonds is 5. The fraction of sp³-hybridized carbons (Fsp3) is 0.409. The van der Waals surface area contributed by atoms with Gasteiger partial charge in [0, 0.05) is 11.5 Å². The molecule has 4 rings (SSSR count). The first-order valence-corrected chi connectivity index (χ1v) is 9.03. The van der Waals surface area contributed by atoms with Crippen molar-refractivity contribution in [3.63, 3.8) is 0 Å². The first kappa shape index (κ1) is 16.2. The van der Waals surface area contributed by atoms with Gasteiger partial charge in [-0.3, -0.25) is 4.79 Å². The lowest BCUT2D eigenvalue weighted by molar-refractivity contribution is 0.0853. The van der Waals surface area contributed by atoms with Crippen molar-refractivity contribution in [3.8, 4) is 11.5 Å². The number of benzene rings is 2. The van der Waals surface area contributed by atoms with Crippen molar-refractivity contribution in [1.29, 1.82) is 0 Å². The van der Waals surface area contributed by atoms with Crippen molar-refractivity contribution in [2.75, 3.05) is 14.2 Å². The number of ether oxygens (including phenoxy) is 2. The van der Waals surface area contributed by atoms with E-state index in [1.54, 1.807) is 14.2 Å². The van der Waals surface area contributed by atoms with Crippen molar-refractivity contribution in [3.05, 3.63) is 59.7 Å². The van der Waals surface area contributed by atoms with E-state index in [2.05, 4.69) is 12.1 Å². The molecule has 3 nitrogen and oxygen atoms in total. The van der Waals surface area contributed by atoms with Crippen LogP contribution in [0.1, 0.15) is 41.1 Å². The number of carbonyl (C=O) groups excluding carboxylic acids is 1. The Hall–Kier alpha value is -2.29. The van der Waals surface area contributed by atoms with Gasteiger partial charge in [0.15, 0.2) is 5.78 Å². The topological polar surface area (TPSA) is 35.5 Å². The molecule has 3 heteroatoms. The van der Waals surface area contributed by atoms with Gasteiger partial charge in [0.05, 0.1) is 14.2 Å². The number of carbonyl (C=O) groups is 1. The third-order valence-corrected chi connectivity index (χ3v) is 6.09. The van der Waals surface area contributed by atoms with Crippen molar-refractivity contribution in [1.82, 2.24) is 0 Å². The lowest BCUT2D eigenvalue weighted by Gasteiger charge is -2.30. The van der Waals surface area contributed by atoms with Gasteiger partial charge >= 0.3 is 0 Å². The van der Waals surface area contributed by atoms with E-state index < -0.39 is 0 Å². The van der Waals surface area contributed by atoms with Crippen LogP contribution < -0.4 is 9.47 Å². The standard InChI is InChI=1S/C22H24O3/c1-24-18-9-5-14(6-10-18)20-16-3-4-17(13-16)21(20)22(23)15-7-11-19(25-2)12-8-15/h5-12,16-17,20-21H,3-4,13H2,1-2H3/t16-,17+,20+,21-/m1/s1. The number of hydrogen-bond acceptors (Lipinski definition) is 3. The molecule has 2 aromatic rings. The molecule has 2 aromatic carbocycles. The molecule has 130 valence electrons. The molecule has 4 atom stereocenters. The molecule has 0 radical (unpaired) electrons. The Morgan fingerprint density at radius 3 is 2.00 bits per heavy atom. The molecular formula is C22H24O3. The molecule has 2 aliphatic carbocycles. The Labute approximate surface area is 149 Å². The second-order valence-electron chi connectivity index (χ2n) is 7.25. The monoisotopic (exact) mass is 336 g/mol. The SMILES string of the molecule is COc1ccc(C(=O)[C@@H]2[C@H]3CC[C@H](C3)[C@@H]2c2ccc(OC)cc2)cc1. The molecule has 0 saturated heterocycles. The summed E-state index contributed by atoms with van der Waals surface area (Å²) in [5.41, 5.74) is 2.08. The van der Waals surface area contributed by atoms with E-state index >= 15 is 0 Å². The lowest BCUT2D eigenvalue weighted by atomic mass is 9.72. The minimum atomic E-state index is 0.0977. The maximum Gasteiger partial charge on any atom is 0.166 e. The number of Topliss-reactive ketones (excluding diaryl/α,β-unsaturated/α-hetero) is 1. The molecule has 25 heavy (non-hydrogen) atoms.